The van der Waals surface area contributed by atoms with Gasteiger partial charge in [-0.05, 0) is 24.8 Å². The normalized spacial score (nSPS) is 15.8. The molecule has 1 aliphatic rings. The third-order valence-corrected chi connectivity index (χ3v) is 3.90. The maximum absolute atomic E-state index is 11.8. The van der Waals surface area contributed by atoms with Crippen LogP contribution in [0.4, 0.5) is 13.2 Å². The number of rotatable bonds is 9. The van der Waals surface area contributed by atoms with Crippen molar-refractivity contribution < 1.29 is 37.4 Å². The minimum atomic E-state index is -5.08. The van der Waals surface area contributed by atoms with Crippen molar-refractivity contribution in [2.45, 2.75) is 51.1 Å². The minimum absolute atomic E-state index is 0.341. The van der Waals surface area contributed by atoms with Gasteiger partial charge in [0.2, 0.25) is 0 Å². The van der Waals surface area contributed by atoms with Crippen LogP contribution in [0.2, 0.25) is 0 Å². The summed E-state index contributed by atoms with van der Waals surface area (Å²) in [5, 5.41) is 7.12. The molecule has 0 bridgehead atoms. The van der Waals surface area contributed by atoms with Gasteiger partial charge in [-0.15, -0.1) is 0 Å². The number of aliphatic carboxylic acids is 1. The molecule has 1 aliphatic carbocycles. The summed E-state index contributed by atoms with van der Waals surface area (Å²) in [4.78, 5) is 25.9. The Labute approximate surface area is 160 Å². The van der Waals surface area contributed by atoms with Crippen molar-refractivity contribution in [3.63, 3.8) is 0 Å². The van der Waals surface area contributed by atoms with Crippen LogP contribution in [0.1, 0.15) is 31.7 Å². The number of nitrogens with one attached hydrogen (secondary N) is 1. The largest absolute Gasteiger partial charge is 0.490 e. The summed E-state index contributed by atoms with van der Waals surface area (Å²) in [6.45, 7) is 2.77. The number of hydrogen-bond acceptors (Lipinski definition) is 5. The van der Waals surface area contributed by atoms with Gasteiger partial charge in [-0.25, -0.2) is 10.3 Å². The second-order valence-electron chi connectivity index (χ2n) is 6.38. The molecule has 10 heteroatoms. The highest BCUT2D eigenvalue weighted by Crippen LogP contribution is 2.31. The quantitative estimate of drug-likeness (QED) is 0.429. The Bertz CT molecular complexity index is 609. The Balaban J connectivity index is 0.000000480. The fraction of sp³-hybridized carbons (Fsp3) is 0.556. The van der Waals surface area contributed by atoms with Gasteiger partial charge < -0.3 is 15.6 Å². The van der Waals surface area contributed by atoms with E-state index in [1.165, 1.54) is 12.8 Å². The first kappa shape index (κ1) is 23.9. The molecule has 158 valence electrons. The van der Waals surface area contributed by atoms with Gasteiger partial charge in [0.05, 0.1) is 19.3 Å². The molecule has 0 unspecified atom stereocenters. The van der Waals surface area contributed by atoms with Crippen molar-refractivity contribution in [3.05, 3.63) is 35.9 Å². The number of carboxylic acid groups (broad SMARTS) is 1. The first-order chi connectivity index (χ1) is 13.1. The van der Waals surface area contributed by atoms with E-state index >= 15 is 0 Å². The van der Waals surface area contributed by atoms with Crippen LogP contribution >= 0.6 is 0 Å². The highest BCUT2D eigenvalue weighted by atomic mass is 19.4. The second-order valence-corrected chi connectivity index (χ2v) is 6.38. The Hall–Kier alpha value is -2.17. The lowest BCUT2D eigenvalue weighted by Gasteiger charge is -2.19. The van der Waals surface area contributed by atoms with Crippen molar-refractivity contribution in [3.8, 4) is 0 Å². The maximum atomic E-state index is 11.8. The number of carbonyl (C=O) groups is 2. The van der Waals surface area contributed by atoms with E-state index in [0.29, 0.717) is 13.2 Å². The van der Waals surface area contributed by atoms with E-state index in [4.69, 9.17) is 25.2 Å². The van der Waals surface area contributed by atoms with E-state index in [2.05, 4.69) is 5.48 Å². The zero-order chi connectivity index (χ0) is 21.2. The minimum Gasteiger partial charge on any atom is -0.475 e. The molecular formula is C18H25F3N2O5. The summed E-state index contributed by atoms with van der Waals surface area (Å²) in [6, 6.07) is 9.05. The molecule has 0 spiro atoms. The van der Waals surface area contributed by atoms with Gasteiger partial charge in [0.15, 0.2) is 0 Å². The van der Waals surface area contributed by atoms with Gasteiger partial charge in [0, 0.05) is 0 Å². The summed E-state index contributed by atoms with van der Waals surface area (Å²) in [6.07, 6.45) is -1.91. The first-order valence-electron chi connectivity index (χ1n) is 8.74. The summed E-state index contributed by atoms with van der Waals surface area (Å²) in [5.74, 6) is -2.32. The van der Waals surface area contributed by atoms with Gasteiger partial charge in [-0.3, -0.25) is 9.63 Å². The lowest BCUT2D eigenvalue weighted by Crippen LogP contribution is -2.48. The van der Waals surface area contributed by atoms with E-state index in [0.717, 1.165) is 17.9 Å². The lowest BCUT2D eigenvalue weighted by molar-refractivity contribution is -0.192. The molecule has 0 saturated heterocycles. The zero-order valence-electron chi connectivity index (χ0n) is 15.4. The highest BCUT2D eigenvalue weighted by Gasteiger charge is 2.38. The third kappa shape index (κ3) is 10.2. The van der Waals surface area contributed by atoms with Gasteiger partial charge >= 0.3 is 12.1 Å². The molecular weight excluding hydrogens is 381 g/mol. The molecule has 0 heterocycles. The van der Waals surface area contributed by atoms with Crippen molar-refractivity contribution >= 4 is 11.9 Å². The van der Waals surface area contributed by atoms with E-state index in [1.807, 2.05) is 30.3 Å². The SMILES string of the molecule is C[C@H](OCc1ccccc1)[C@@H](N)C(=O)NOCCC1CC1.O=C(O)C(F)(F)F. The van der Waals surface area contributed by atoms with Crippen LogP contribution < -0.4 is 11.2 Å². The fourth-order valence-electron chi connectivity index (χ4n) is 1.94. The van der Waals surface area contributed by atoms with Crippen LogP contribution in [-0.4, -0.2) is 41.9 Å². The number of hydrogen-bond donors (Lipinski definition) is 3. The maximum Gasteiger partial charge on any atom is 0.490 e. The monoisotopic (exact) mass is 406 g/mol. The number of alkyl halides is 3. The molecule has 7 nitrogen and oxygen atoms in total. The molecule has 0 aliphatic heterocycles. The zero-order valence-corrected chi connectivity index (χ0v) is 15.4. The molecule has 2 rings (SSSR count). The Morgan fingerprint density at radius 1 is 1.29 bits per heavy atom. The van der Waals surface area contributed by atoms with Crippen LogP contribution in [0.3, 0.4) is 0 Å². The predicted octanol–water partition coefficient (Wildman–Crippen LogP) is 2.40. The van der Waals surface area contributed by atoms with Gasteiger partial charge in [-0.2, -0.15) is 13.2 Å². The predicted molar refractivity (Wildman–Crippen MR) is 93.8 cm³/mol. The Morgan fingerprint density at radius 2 is 1.86 bits per heavy atom. The number of carboxylic acids is 1. The van der Waals surface area contributed by atoms with Crippen LogP contribution in [-0.2, 0) is 25.8 Å². The van der Waals surface area contributed by atoms with Crippen molar-refractivity contribution in [1.29, 1.82) is 0 Å². The lowest BCUT2D eigenvalue weighted by atomic mass is 10.2. The van der Waals surface area contributed by atoms with Crippen LogP contribution in [0.25, 0.3) is 0 Å². The van der Waals surface area contributed by atoms with E-state index in [-0.39, 0.29) is 12.0 Å². The molecule has 4 N–H and O–H groups in total. The molecule has 1 aromatic carbocycles. The van der Waals surface area contributed by atoms with Crippen molar-refractivity contribution in [2.75, 3.05) is 6.61 Å². The van der Waals surface area contributed by atoms with Crippen LogP contribution in [0.5, 0.6) is 0 Å². The molecule has 1 aromatic rings. The second kappa shape index (κ2) is 11.6. The standard InChI is InChI=1S/C16H24N2O3.C2HF3O2/c1-12(20-11-14-5-3-2-4-6-14)15(17)16(19)18-21-10-9-13-7-8-13;3-2(4,5)1(6)7/h2-6,12-13,15H,7-11,17H2,1H3,(H,18,19);(H,6,7)/t12-,15+;/m0./s1. The van der Waals surface area contributed by atoms with Gasteiger partial charge in [0.25, 0.3) is 5.91 Å². The molecule has 0 radical (unpaired) electrons. The molecule has 28 heavy (non-hydrogen) atoms. The average molecular weight is 406 g/mol. The molecule has 1 saturated carbocycles. The number of hydroxylamine groups is 1. The number of nitrogens with two attached hydrogens (primary N) is 1. The summed E-state index contributed by atoms with van der Waals surface area (Å²) in [7, 11) is 0. The topological polar surface area (TPSA) is 111 Å². The van der Waals surface area contributed by atoms with E-state index in [1.54, 1.807) is 6.92 Å². The third-order valence-electron chi connectivity index (χ3n) is 3.90. The summed E-state index contributed by atoms with van der Waals surface area (Å²) >= 11 is 0. The summed E-state index contributed by atoms with van der Waals surface area (Å²) < 4.78 is 37.4. The van der Waals surface area contributed by atoms with Crippen molar-refractivity contribution in [2.24, 2.45) is 11.7 Å². The smallest absolute Gasteiger partial charge is 0.475 e. The van der Waals surface area contributed by atoms with Crippen molar-refractivity contribution in [1.82, 2.24) is 5.48 Å². The molecule has 0 aromatic heterocycles. The van der Waals surface area contributed by atoms with Crippen LogP contribution in [0.15, 0.2) is 30.3 Å². The number of halogens is 3. The molecule has 1 fully saturated rings. The Morgan fingerprint density at radius 3 is 2.36 bits per heavy atom. The number of benzene rings is 1. The van der Waals surface area contributed by atoms with E-state index < -0.39 is 18.2 Å². The summed E-state index contributed by atoms with van der Waals surface area (Å²) in [5.41, 5.74) is 9.32. The molecule has 2 atom stereocenters. The number of ether oxygens (including phenoxy) is 1. The number of carbonyl (C=O) groups excluding carboxylic acids is 1. The van der Waals surface area contributed by atoms with Gasteiger partial charge in [0.1, 0.15) is 6.04 Å². The fourth-order valence-corrected chi connectivity index (χ4v) is 1.94. The van der Waals surface area contributed by atoms with Gasteiger partial charge in [-0.1, -0.05) is 43.2 Å². The van der Waals surface area contributed by atoms with E-state index in [9.17, 15) is 18.0 Å². The Kier molecular flexibility index (Phi) is 9.91. The first-order valence-corrected chi connectivity index (χ1v) is 8.74. The highest BCUT2D eigenvalue weighted by molar-refractivity contribution is 5.81. The molecule has 1 amide bonds. The van der Waals surface area contributed by atoms with Crippen LogP contribution in [0, 0.1) is 5.92 Å². The number of amides is 1. The average Bonchev–Trinajstić information content (AvgIpc) is 3.47.